The number of nitrogens with zero attached hydrogens (tertiary/aromatic N) is 2. The number of amides is 1. The highest BCUT2D eigenvalue weighted by Crippen LogP contribution is 2.43. The summed E-state index contributed by atoms with van der Waals surface area (Å²) >= 11 is 7.45. The Hall–Kier alpha value is -1.96. The maximum Gasteiger partial charge on any atom is 0.261 e. The summed E-state index contributed by atoms with van der Waals surface area (Å²) in [5.41, 5.74) is 1.17. The highest BCUT2D eigenvalue weighted by atomic mass is 35.5. The lowest BCUT2D eigenvalue weighted by Gasteiger charge is -2.20. The van der Waals surface area contributed by atoms with Crippen molar-refractivity contribution in [2.24, 2.45) is 0 Å². The number of thioether (sulfide) groups is 1. The summed E-state index contributed by atoms with van der Waals surface area (Å²) in [6, 6.07) is 16.5. The molecule has 98 valence electrons. The van der Waals surface area contributed by atoms with Crippen LogP contribution in [0.2, 0.25) is 5.02 Å². The minimum Gasteiger partial charge on any atom is -0.281 e. The molecule has 20 heavy (non-hydrogen) atoms. The Bertz CT molecular complexity index is 726. The first kappa shape index (κ1) is 13.0. The molecule has 1 aliphatic rings. The second-order valence-corrected chi connectivity index (χ2v) is 5.75. The van der Waals surface area contributed by atoms with Crippen LogP contribution in [0.15, 0.2) is 53.4 Å². The minimum absolute atomic E-state index is 0.250. The molecule has 0 N–H and O–H groups in total. The van der Waals surface area contributed by atoms with Gasteiger partial charge in [-0.25, -0.2) is 0 Å². The fraction of sp³-hybridized carbons (Fsp3) is 0.0667. The Morgan fingerprint density at radius 3 is 2.65 bits per heavy atom. The number of hydrogen-bond acceptors (Lipinski definition) is 3. The van der Waals surface area contributed by atoms with Crippen molar-refractivity contribution in [3.05, 3.63) is 59.1 Å². The van der Waals surface area contributed by atoms with E-state index in [1.165, 1.54) is 16.7 Å². The van der Waals surface area contributed by atoms with E-state index in [1.807, 2.05) is 24.3 Å². The Morgan fingerprint density at radius 1 is 1.20 bits per heavy atom. The molecule has 5 heteroatoms. The maximum absolute atomic E-state index is 12.7. The van der Waals surface area contributed by atoms with Gasteiger partial charge >= 0.3 is 0 Å². The van der Waals surface area contributed by atoms with Crippen LogP contribution < -0.4 is 4.90 Å². The smallest absolute Gasteiger partial charge is 0.261 e. The molecule has 0 spiro atoms. The van der Waals surface area contributed by atoms with Crippen molar-refractivity contribution in [3.8, 4) is 6.07 Å². The van der Waals surface area contributed by atoms with Gasteiger partial charge in [0.15, 0.2) is 5.37 Å². The average molecular weight is 301 g/mol. The van der Waals surface area contributed by atoms with Crippen LogP contribution in [0.3, 0.4) is 0 Å². The zero-order valence-electron chi connectivity index (χ0n) is 10.3. The molecule has 0 aromatic heterocycles. The normalized spacial score (nSPS) is 16.6. The molecular weight excluding hydrogens is 292 g/mol. The van der Waals surface area contributed by atoms with E-state index in [1.54, 1.807) is 24.3 Å². The van der Waals surface area contributed by atoms with E-state index in [-0.39, 0.29) is 5.91 Å². The van der Waals surface area contributed by atoms with Crippen LogP contribution in [0, 0.1) is 11.3 Å². The number of rotatable bonds is 1. The third-order valence-corrected chi connectivity index (χ3v) is 4.50. The van der Waals surface area contributed by atoms with Crippen LogP contribution in [0.4, 0.5) is 5.69 Å². The van der Waals surface area contributed by atoms with E-state index in [0.29, 0.717) is 10.6 Å². The third-order valence-electron chi connectivity index (χ3n) is 3.03. The monoisotopic (exact) mass is 300 g/mol. The molecule has 1 atom stereocenters. The van der Waals surface area contributed by atoms with Crippen molar-refractivity contribution < 1.29 is 4.79 Å². The average Bonchev–Trinajstić information content (AvgIpc) is 2.85. The highest BCUT2D eigenvalue weighted by Gasteiger charge is 2.35. The van der Waals surface area contributed by atoms with Crippen LogP contribution in [-0.2, 0) is 0 Å². The van der Waals surface area contributed by atoms with E-state index in [2.05, 4.69) is 6.07 Å². The molecule has 0 saturated heterocycles. The molecule has 0 aliphatic carbocycles. The van der Waals surface area contributed by atoms with Crippen molar-refractivity contribution in [3.63, 3.8) is 0 Å². The Labute approximate surface area is 125 Å². The van der Waals surface area contributed by atoms with Crippen LogP contribution >= 0.6 is 23.4 Å². The van der Waals surface area contributed by atoms with Gasteiger partial charge in [0.1, 0.15) is 0 Å². The Morgan fingerprint density at radius 2 is 1.90 bits per heavy atom. The Kier molecular flexibility index (Phi) is 3.39. The molecule has 1 amide bonds. The van der Waals surface area contributed by atoms with Crippen molar-refractivity contribution in [2.45, 2.75) is 10.3 Å². The van der Waals surface area contributed by atoms with Gasteiger partial charge in [-0.3, -0.25) is 9.69 Å². The Balaban J connectivity index is 2.07. The molecule has 2 aromatic rings. The molecule has 0 radical (unpaired) electrons. The lowest BCUT2D eigenvalue weighted by Crippen LogP contribution is -2.35. The number of fused-ring (bicyclic) bond motifs is 1. The molecule has 0 saturated carbocycles. The summed E-state index contributed by atoms with van der Waals surface area (Å²) in [7, 11) is 0. The molecule has 2 aromatic carbocycles. The van der Waals surface area contributed by atoms with E-state index in [9.17, 15) is 10.1 Å². The van der Waals surface area contributed by atoms with Crippen molar-refractivity contribution in [1.29, 1.82) is 5.26 Å². The summed E-state index contributed by atoms with van der Waals surface area (Å²) in [5, 5.41) is 9.11. The summed E-state index contributed by atoms with van der Waals surface area (Å²) < 4.78 is 0. The van der Waals surface area contributed by atoms with Gasteiger partial charge in [0, 0.05) is 4.90 Å². The molecule has 1 heterocycles. The van der Waals surface area contributed by atoms with E-state index >= 15 is 0 Å². The van der Waals surface area contributed by atoms with Crippen LogP contribution in [0.5, 0.6) is 0 Å². The SMILES string of the molecule is N#CC1Sc2ccccc2N1C(=O)c1ccccc1Cl. The van der Waals surface area contributed by atoms with E-state index in [0.717, 1.165) is 10.6 Å². The quantitative estimate of drug-likeness (QED) is 0.801. The molecule has 0 bridgehead atoms. The summed E-state index contributed by atoms with van der Waals surface area (Å²) in [4.78, 5) is 15.1. The second kappa shape index (κ2) is 5.20. The number of carbonyl (C=O) groups excluding carboxylic acids is 1. The van der Waals surface area contributed by atoms with Crippen molar-refractivity contribution >= 4 is 35.0 Å². The lowest BCUT2D eigenvalue weighted by atomic mass is 10.1. The summed E-state index contributed by atoms with van der Waals surface area (Å²) in [5.74, 6) is -0.250. The molecule has 3 nitrogen and oxygen atoms in total. The first-order valence-corrected chi connectivity index (χ1v) is 7.21. The van der Waals surface area contributed by atoms with Gasteiger partial charge in [-0.15, -0.1) is 0 Å². The zero-order chi connectivity index (χ0) is 14.1. The summed E-state index contributed by atoms with van der Waals surface area (Å²) in [6.07, 6.45) is 0. The fourth-order valence-electron chi connectivity index (χ4n) is 2.12. The van der Waals surface area contributed by atoms with Gasteiger partial charge in [-0.05, 0) is 24.3 Å². The number of carbonyl (C=O) groups is 1. The van der Waals surface area contributed by atoms with Gasteiger partial charge in [0.25, 0.3) is 5.91 Å². The maximum atomic E-state index is 12.7. The van der Waals surface area contributed by atoms with Crippen molar-refractivity contribution in [2.75, 3.05) is 4.90 Å². The van der Waals surface area contributed by atoms with Gasteiger partial charge in [0.05, 0.1) is 22.3 Å². The van der Waals surface area contributed by atoms with Gasteiger partial charge < -0.3 is 0 Å². The fourth-order valence-corrected chi connectivity index (χ4v) is 3.39. The number of hydrogen-bond donors (Lipinski definition) is 0. The number of para-hydroxylation sites is 1. The second-order valence-electron chi connectivity index (χ2n) is 4.22. The predicted molar refractivity (Wildman–Crippen MR) is 80.0 cm³/mol. The molecule has 3 rings (SSSR count). The largest absolute Gasteiger partial charge is 0.281 e. The van der Waals surface area contributed by atoms with Crippen LogP contribution in [-0.4, -0.2) is 11.3 Å². The van der Waals surface area contributed by atoms with Gasteiger partial charge in [-0.1, -0.05) is 47.6 Å². The van der Waals surface area contributed by atoms with Crippen LogP contribution in [0.1, 0.15) is 10.4 Å². The van der Waals surface area contributed by atoms with Crippen molar-refractivity contribution in [1.82, 2.24) is 0 Å². The van der Waals surface area contributed by atoms with E-state index in [4.69, 9.17) is 11.6 Å². The topological polar surface area (TPSA) is 44.1 Å². The van der Waals surface area contributed by atoms with Gasteiger partial charge in [-0.2, -0.15) is 5.26 Å². The molecule has 0 fully saturated rings. The zero-order valence-corrected chi connectivity index (χ0v) is 11.9. The standard InChI is InChI=1S/C15H9ClN2OS/c16-11-6-2-1-5-10(11)15(19)18-12-7-3-4-8-13(12)20-14(18)9-17/h1-8,14H. The first-order valence-electron chi connectivity index (χ1n) is 5.96. The molecule has 1 aliphatic heterocycles. The minimum atomic E-state index is -0.559. The molecular formula is C15H9ClN2OS. The third kappa shape index (κ3) is 2.05. The first-order chi connectivity index (χ1) is 9.72. The number of anilines is 1. The molecule has 1 unspecified atom stereocenters. The van der Waals surface area contributed by atoms with E-state index < -0.39 is 5.37 Å². The van der Waals surface area contributed by atoms with Gasteiger partial charge in [0.2, 0.25) is 0 Å². The number of nitriles is 1. The number of halogens is 1. The summed E-state index contributed by atoms with van der Waals surface area (Å²) in [6.45, 7) is 0. The van der Waals surface area contributed by atoms with Crippen LogP contribution in [0.25, 0.3) is 0 Å². The lowest BCUT2D eigenvalue weighted by molar-refractivity contribution is 0.0988. The highest BCUT2D eigenvalue weighted by molar-refractivity contribution is 8.00. The predicted octanol–water partition coefficient (Wildman–Crippen LogP) is 3.94. The number of benzene rings is 2.